The summed E-state index contributed by atoms with van der Waals surface area (Å²) in [6.45, 7) is 0.166. The van der Waals surface area contributed by atoms with Crippen LogP contribution in [0.2, 0.25) is 0 Å². The number of hydrogen-bond acceptors (Lipinski definition) is 4. The van der Waals surface area contributed by atoms with E-state index in [-0.39, 0.29) is 6.79 Å². The number of para-hydroxylation sites is 1. The number of amides is 2. The van der Waals surface area contributed by atoms with E-state index in [0.29, 0.717) is 33.8 Å². The highest BCUT2D eigenvalue weighted by atomic mass is 16.7. The van der Waals surface area contributed by atoms with Gasteiger partial charge in [0.2, 0.25) is 6.79 Å². The van der Waals surface area contributed by atoms with Crippen molar-refractivity contribution in [1.29, 1.82) is 0 Å². The number of carbonyl (C=O) groups excluding carboxylic acids is 2. The smallest absolute Gasteiger partial charge is 0.259 e. The van der Waals surface area contributed by atoms with Crippen molar-refractivity contribution in [2.75, 3.05) is 6.79 Å². The number of benzene rings is 2. The zero-order valence-electron chi connectivity index (χ0n) is 14.5. The molecule has 0 fully saturated rings. The van der Waals surface area contributed by atoms with E-state index in [1.54, 1.807) is 12.4 Å². The summed E-state index contributed by atoms with van der Waals surface area (Å²) in [7, 11) is 0. The van der Waals surface area contributed by atoms with Crippen LogP contribution in [0.4, 0.5) is 0 Å². The summed E-state index contributed by atoms with van der Waals surface area (Å²) in [6, 6.07) is 11.3. The summed E-state index contributed by atoms with van der Waals surface area (Å²) in [5.41, 5.74) is 3.76. The molecule has 4 heterocycles. The van der Waals surface area contributed by atoms with E-state index in [1.807, 2.05) is 36.4 Å². The van der Waals surface area contributed by atoms with Crippen molar-refractivity contribution in [3.63, 3.8) is 0 Å². The van der Waals surface area contributed by atoms with E-state index >= 15 is 0 Å². The Labute approximate surface area is 157 Å². The van der Waals surface area contributed by atoms with E-state index in [0.717, 1.165) is 21.8 Å². The van der Waals surface area contributed by atoms with Gasteiger partial charge in [-0.1, -0.05) is 18.2 Å². The third kappa shape index (κ3) is 1.92. The Morgan fingerprint density at radius 2 is 1.39 bits per heavy atom. The molecule has 0 unspecified atom stereocenters. The van der Waals surface area contributed by atoms with Gasteiger partial charge in [-0.15, -0.1) is 0 Å². The molecule has 2 aliphatic rings. The molecule has 7 heteroatoms. The molecular weight excluding hydrogens is 358 g/mol. The van der Waals surface area contributed by atoms with Crippen molar-refractivity contribution in [3.05, 3.63) is 59.9 Å². The monoisotopic (exact) mass is 371 g/mol. The van der Waals surface area contributed by atoms with Crippen molar-refractivity contribution in [2.24, 2.45) is 0 Å². The van der Waals surface area contributed by atoms with Crippen molar-refractivity contribution < 1.29 is 19.1 Å². The number of aromatic nitrogens is 2. The van der Waals surface area contributed by atoms with Crippen LogP contribution in [0.25, 0.3) is 33.0 Å². The lowest BCUT2D eigenvalue weighted by Gasteiger charge is -2.04. The zero-order valence-corrected chi connectivity index (χ0v) is 14.5. The van der Waals surface area contributed by atoms with Crippen LogP contribution in [0.3, 0.4) is 0 Å². The fourth-order valence-electron chi connectivity index (χ4n) is 3.97. The molecule has 2 aliphatic heterocycles. The average molecular weight is 371 g/mol. The molecule has 2 aromatic carbocycles. The van der Waals surface area contributed by atoms with Gasteiger partial charge in [0.1, 0.15) is 0 Å². The van der Waals surface area contributed by atoms with Gasteiger partial charge in [0.05, 0.1) is 11.1 Å². The molecule has 0 spiro atoms. The molecule has 0 saturated heterocycles. The molecule has 7 nitrogen and oxygen atoms in total. The molecule has 2 aromatic heterocycles. The van der Waals surface area contributed by atoms with Crippen LogP contribution in [0.1, 0.15) is 11.1 Å². The maximum absolute atomic E-state index is 12.7. The number of carbonyl (C=O) groups is 2. The quantitative estimate of drug-likeness (QED) is 0.472. The lowest BCUT2D eigenvalue weighted by molar-refractivity contribution is -0.122. The van der Waals surface area contributed by atoms with Crippen molar-refractivity contribution in [3.8, 4) is 11.5 Å². The van der Waals surface area contributed by atoms with E-state index in [2.05, 4.69) is 15.3 Å². The molecule has 0 radical (unpaired) electrons. The summed E-state index contributed by atoms with van der Waals surface area (Å²) in [6.07, 6.45) is 3.50. The second kappa shape index (κ2) is 5.26. The molecule has 0 atom stereocenters. The maximum atomic E-state index is 12.7. The minimum atomic E-state index is -0.413. The first-order valence-electron chi connectivity index (χ1n) is 8.78. The van der Waals surface area contributed by atoms with Crippen LogP contribution in [0.15, 0.2) is 48.8 Å². The Morgan fingerprint density at radius 3 is 2.18 bits per heavy atom. The summed E-state index contributed by atoms with van der Waals surface area (Å²) < 4.78 is 10.9. The van der Waals surface area contributed by atoms with E-state index in [4.69, 9.17) is 9.47 Å². The Kier molecular flexibility index (Phi) is 2.84. The number of imide groups is 1. The van der Waals surface area contributed by atoms with E-state index in [9.17, 15) is 9.59 Å². The van der Waals surface area contributed by atoms with Gasteiger partial charge in [-0.05, 0) is 12.1 Å². The highest BCUT2D eigenvalue weighted by Gasteiger charge is 2.35. The van der Waals surface area contributed by atoms with Crippen LogP contribution in [0.5, 0.6) is 11.5 Å². The summed E-state index contributed by atoms with van der Waals surface area (Å²) in [5, 5.41) is 4.12. The fourth-order valence-corrected chi connectivity index (χ4v) is 3.97. The van der Waals surface area contributed by atoms with Gasteiger partial charge in [0.25, 0.3) is 11.8 Å². The lowest BCUT2D eigenvalue weighted by Crippen LogP contribution is -2.22. The highest BCUT2D eigenvalue weighted by molar-refractivity contribution is 6.50. The van der Waals surface area contributed by atoms with E-state index in [1.165, 1.54) is 0 Å². The Balaban J connectivity index is 1.65. The second-order valence-corrected chi connectivity index (χ2v) is 6.73. The van der Waals surface area contributed by atoms with Crippen molar-refractivity contribution in [2.45, 2.75) is 0 Å². The third-order valence-corrected chi connectivity index (χ3v) is 5.23. The third-order valence-electron chi connectivity index (χ3n) is 5.23. The molecule has 3 N–H and O–H groups in total. The van der Waals surface area contributed by atoms with Gasteiger partial charge in [0, 0.05) is 51.4 Å². The van der Waals surface area contributed by atoms with Gasteiger partial charge in [-0.3, -0.25) is 14.9 Å². The first kappa shape index (κ1) is 15.1. The summed E-state index contributed by atoms with van der Waals surface area (Å²) in [4.78, 5) is 31.8. The standard InChI is InChI=1S/C21H13N3O4/c25-20-18(12-7-22-14-4-2-1-3-10(12)14)19(21(26)24-20)13-8-23-15-6-17-16(5-11(13)15)27-9-28-17/h1-8,22-23H,9H2,(H,24,25,26). The van der Waals surface area contributed by atoms with Crippen LogP contribution < -0.4 is 14.8 Å². The molecule has 28 heavy (non-hydrogen) atoms. The number of rotatable bonds is 2. The number of fused-ring (bicyclic) bond motifs is 3. The molecular formula is C21H13N3O4. The van der Waals surface area contributed by atoms with Crippen molar-refractivity contribution >= 4 is 44.8 Å². The SMILES string of the molecule is O=C1NC(=O)C(c2c[nH]c3cc4c(cc23)OCO4)=C1c1c[nH]c2ccccc12. The highest BCUT2D eigenvalue weighted by Crippen LogP contribution is 2.41. The summed E-state index contributed by atoms with van der Waals surface area (Å²) >= 11 is 0. The fraction of sp³-hybridized carbons (Fsp3) is 0.0476. The predicted octanol–water partition coefficient (Wildman–Crippen LogP) is 2.95. The van der Waals surface area contributed by atoms with Crippen LogP contribution in [-0.2, 0) is 9.59 Å². The first-order valence-corrected chi connectivity index (χ1v) is 8.78. The van der Waals surface area contributed by atoms with Crippen LogP contribution in [-0.4, -0.2) is 28.6 Å². The Hall–Kier alpha value is -4.00. The number of ether oxygens (including phenoxy) is 2. The normalized spacial score (nSPS) is 15.9. The number of aromatic amines is 2. The minimum Gasteiger partial charge on any atom is -0.454 e. The molecule has 0 bridgehead atoms. The average Bonchev–Trinajstić information content (AvgIpc) is 3.45. The van der Waals surface area contributed by atoms with Gasteiger partial charge in [-0.25, -0.2) is 0 Å². The minimum absolute atomic E-state index is 0.166. The molecule has 0 aliphatic carbocycles. The first-order chi connectivity index (χ1) is 13.7. The van der Waals surface area contributed by atoms with Gasteiger partial charge in [0.15, 0.2) is 11.5 Å². The number of hydrogen-bond donors (Lipinski definition) is 3. The Bertz CT molecular complexity index is 1360. The van der Waals surface area contributed by atoms with Crippen LogP contribution in [0, 0.1) is 0 Å². The second-order valence-electron chi connectivity index (χ2n) is 6.73. The molecule has 136 valence electrons. The Morgan fingerprint density at radius 1 is 0.750 bits per heavy atom. The molecule has 0 saturated carbocycles. The predicted molar refractivity (Wildman–Crippen MR) is 103 cm³/mol. The number of nitrogens with one attached hydrogen (secondary N) is 3. The van der Waals surface area contributed by atoms with Gasteiger partial charge < -0.3 is 19.4 Å². The number of H-pyrrole nitrogens is 2. The molecule has 6 rings (SSSR count). The molecule has 2 amide bonds. The maximum Gasteiger partial charge on any atom is 0.259 e. The van der Waals surface area contributed by atoms with Gasteiger partial charge >= 0.3 is 0 Å². The van der Waals surface area contributed by atoms with Crippen LogP contribution >= 0.6 is 0 Å². The largest absolute Gasteiger partial charge is 0.454 e. The molecule has 4 aromatic rings. The van der Waals surface area contributed by atoms with Gasteiger partial charge in [-0.2, -0.15) is 0 Å². The lowest BCUT2D eigenvalue weighted by atomic mass is 9.95. The van der Waals surface area contributed by atoms with Crippen molar-refractivity contribution in [1.82, 2.24) is 15.3 Å². The topological polar surface area (TPSA) is 96.2 Å². The summed E-state index contributed by atoms with van der Waals surface area (Å²) in [5.74, 6) is 0.453. The van der Waals surface area contributed by atoms with E-state index < -0.39 is 11.8 Å². The zero-order chi connectivity index (χ0) is 18.8.